The summed E-state index contributed by atoms with van der Waals surface area (Å²) in [5.74, 6) is -0.557. The van der Waals surface area contributed by atoms with Crippen molar-refractivity contribution in [3.8, 4) is 5.75 Å². The van der Waals surface area contributed by atoms with Crippen molar-refractivity contribution in [2.75, 3.05) is 29.6 Å². The molecule has 10 heteroatoms. The molecule has 4 rings (SSSR count). The van der Waals surface area contributed by atoms with E-state index in [0.29, 0.717) is 23.7 Å². The first-order valence-corrected chi connectivity index (χ1v) is 12.3. The van der Waals surface area contributed by atoms with Crippen LogP contribution in [0.15, 0.2) is 34.9 Å². The molecule has 1 aromatic heterocycles. The third-order valence-electron chi connectivity index (χ3n) is 5.60. The molecule has 1 atom stereocenters. The quantitative estimate of drug-likeness (QED) is 0.542. The van der Waals surface area contributed by atoms with Gasteiger partial charge < -0.3 is 9.15 Å². The predicted octanol–water partition coefficient (Wildman–Crippen LogP) is 3.02. The fourth-order valence-electron chi connectivity index (χ4n) is 3.52. The Morgan fingerprint density at radius 2 is 2.06 bits per heavy atom. The molecule has 8 nitrogen and oxygen atoms in total. The van der Waals surface area contributed by atoms with Gasteiger partial charge in [0.25, 0.3) is 0 Å². The van der Waals surface area contributed by atoms with E-state index in [2.05, 4.69) is 5.32 Å². The van der Waals surface area contributed by atoms with Gasteiger partial charge in [-0.3, -0.25) is 15.0 Å². The molecule has 1 N–H and O–H groups in total. The monoisotopic (exact) mass is 464 g/mol. The zero-order valence-corrected chi connectivity index (χ0v) is 18.5. The highest BCUT2D eigenvalue weighted by Gasteiger charge is 2.30. The maximum atomic E-state index is 14.0. The lowest BCUT2D eigenvalue weighted by molar-refractivity contribution is -0.117. The van der Waals surface area contributed by atoms with Crippen LogP contribution in [-0.2, 0) is 21.1 Å². The number of rotatable bonds is 10. The summed E-state index contributed by atoms with van der Waals surface area (Å²) in [6, 6.07) is 5.47. The van der Waals surface area contributed by atoms with E-state index >= 15 is 0 Å². The first kappa shape index (κ1) is 22.3. The van der Waals surface area contributed by atoms with Crippen molar-refractivity contribution in [2.24, 2.45) is 5.92 Å². The molecule has 1 aliphatic heterocycles. The molecule has 2 aliphatic rings. The van der Waals surface area contributed by atoms with Gasteiger partial charge in [0, 0.05) is 6.07 Å². The van der Waals surface area contributed by atoms with E-state index in [1.165, 1.54) is 12.3 Å². The molecule has 0 unspecified atom stereocenters. The second-order valence-electron chi connectivity index (χ2n) is 8.44. The number of imide groups is 1. The van der Waals surface area contributed by atoms with E-state index in [4.69, 9.17) is 9.15 Å². The van der Waals surface area contributed by atoms with E-state index in [1.54, 1.807) is 25.1 Å². The Kier molecular flexibility index (Phi) is 6.23. The molecule has 0 bridgehead atoms. The number of nitrogens with zero attached hydrogens (tertiary/aromatic N) is 1. The molecule has 172 valence electrons. The van der Waals surface area contributed by atoms with Crippen molar-refractivity contribution in [3.05, 3.63) is 47.5 Å². The molecule has 0 radical (unpaired) electrons. The van der Waals surface area contributed by atoms with Gasteiger partial charge in [0.1, 0.15) is 6.54 Å². The molecule has 0 spiro atoms. The molecule has 2 fully saturated rings. The Hall–Kier alpha value is -2.88. The van der Waals surface area contributed by atoms with Gasteiger partial charge in [0.15, 0.2) is 21.4 Å². The number of benzene rings is 1. The average molecular weight is 465 g/mol. The number of halogens is 1. The van der Waals surface area contributed by atoms with Gasteiger partial charge >= 0.3 is 6.03 Å². The highest BCUT2D eigenvalue weighted by Crippen LogP contribution is 2.31. The number of furan rings is 1. The van der Waals surface area contributed by atoms with Crippen LogP contribution >= 0.6 is 0 Å². The van der Waals surface area contributed by atoms with Gasteiger partial charge in [-0.1, -0.05) is 13.0 Å². The average Bonchev–Trinajstić information content (AvgIpc) is 3.33. The number of hydrogen-bond acceptors (Lipinski definition) is 6. The largest absolute Gasteiger partial charge is 0.490 e. The number of urea groups is 1. The number of carbonyl (C=O) groups is 2. The SMILES string of the molecule is C[C@@H](CS(=O)(=O)CCc1coc(N2CC(=O)NC2=O)c1)c1ccc(F)c(OCC2CC2)c1. The highest BCUT2D eigenvalue weighted by atomic mass is 32.2. The first-order chi connectivity index (χ1) is 15.2. The Bertz CT molecular complexity index is 1130. The number of amides is 3. The van der Waals surface area contributed by atoms with Crippen LogP contribution in [0.4, 0.5) is 15.1 Å². The molecule has 1 saturated heterocycles. The predicted molar refractivity (Wildman–Crippen MR) is 115 cm³/mol. The number of nitrogens with one attached hydrogen (secondary N) is 1. The van der Waals surface area contributed by atoms with Gasteiger partial charge in [-0.2, -0.15) is 0 Å². The molecule has 1 aliphatic carbocycles. The van der Waals surface area contributed by atoms with E-state index in [9.17, 15) is 22.4 Å². The zero-order chi connectivity index (χ0) is 22.9. The van der Waals surface area contributed by atoms with Crippen LogP contribution in [0.1, 0.15) is 36.8 Å². The lowest BCUT2D eigenvalue weighted by Gasteiger charge is -2.15. The highest BCUT2D eigenvalue weighted by molar-refractivity contribution is 7.91. The molecule has 32 heavy (non-hydrogen) atoms. The molecule has 1 aromatic carbocycles. The maximum absolute atomic E-state index is 14.0. The zero-order valence-electron chi connectivity index (χ0n) is 17.7. The number of anilines is 1. The van der Waals surface area contributed by atoms with Crippen LogP contribution in [0.25, 0.3) is 0 Å². The van der Waals surface area contributed by atoms with Gasteiger partial charge in [-0.05, 0) is 54.4 Å². The van der Waals surface area contributed by atoms with Crippen LogP contribution < -0.4 is 15.0 Å². The number of sulfone groups is 1. The maximum Gasteiger partial charge on any atom is 0.331 e. The summed E-state index contributed by atoms with van der Waals surface area (Å²) in [7, 11) is -3.42. The van der Waals surface area contributed by atoms with Gasteiger partial charge in [0.05, 0.1) is 24.4 Å². The number of carbonyl (C=O) groups excluding carboxylic acids is 2. The molecular formula is C22H25FN2O6S. The summed E-state index contributed by atoms with van der Waals surface area (Å²) < 4.78 is 50.2. The topological polar surface area (TPSA) is 106 Å². The molecule has 2 aromatic rings. The third kappa shape index (κ3) is 5.48. The molecule has 2 heterocycles. The Labute approximate surface area is 185 Å². The van der Waals surface area contributed by atoms with Crippen molar-refractivity contribution in [3.63, 3.8) is 0 Å². The van der Waals surface area contributed by atoms with Crippen LogP contribution in [0, 0.1) is 11.7 Å². The van der Waals surface area contributed by atoms with E-state index in [0.717, 1.165) is 17.7 Å². The first-order valence-electron chi connectivity index (χ1n) is 10.5. The molecule has 3 amide bonds. The summed E-state index contributed by atoms with van der Waals surface area (Å²) in [6.07, 6.45) is 3.78. The van der Waals surface area contributed by atoms with Crippen molar-refractivity contribution >= 4 is 27.7 Å². The second-order valence-corrected chi connectivity index (χ2v) is 10.7. The van der Waals surface area contributed by atoms with E-state index in [1.807, 2.05) is 0 Å². The summed E-state index contributed by atoms with van der Waals surface area (Å²) in [6.45, 7) is 2.13. The Morgan fingerprint density at radius 1 is 1.28 bits per heavy atom. The van der Waals surface area contributed by atoms with Crippen LogP contribution in [0.3, 0.4) is 0 Å². The summed E-state index contributed by atoms with van der Waals surface area (Å²) in [4.78, 5) is 24.2. The van der Waals surface area contributed by atoms with Crippen molar-refractivity contribution in [1.82, 2.24) is 5.32 Å². The van der Waals surface area contributed by atoms with Crippen molar-refractivity contribution in [1.29, 1.82) is 0 Å². The van der Waals surface area contributed by atoms with Crippen molar-refractivity contribution < 1.29 is 31.6 Å². The van der Waals surface area contributed by atoms with E-state index in [-0.39, 0.29) is 42.0 Å². The summed E-state index contributed by atoms with van der Waals surface area (Å²) >= 11 is 0. The standard InChI is InChI=1S/C22H25FN2O6S/c1-14(17-4-5-18(23)19(9-17)30-11-15-2-3-15)13-32(28,29)7-6-16-8-21(31-12-16)25-10-20(26)24-22(25)27/h4-5,8-9,12,14-15H,2-3,6-7,10-11,13H2,1H3,(H,24,26,27)/t14-/m0/s1. The fourth-order valence-corrected chi connectivity index (χ4v) is 5.19. The minimum atomic E-state index is -3.42. The number of hydrogen-bond donors (Lipinski definition) is 1. The summed E-state index contributed by atoms with van der Waals surface area (Å²) in [5.41, 5.74) is 1.32. The minimum Gasteiger partial charge on any atom is -0.490 e. The van der Waals surface area contributed by atoms with Gasteiger partial charge in [-0.15, -0.1) is 0 Å². The molecular weight excluding hydrogens is 439 g/mol. The van der Waals surface area contributed by atoms with Gasteiger partial charge in [-0.25, -0.2) is 17.6 Å². The van der Waals surface area contributed by atoms with Crippen LogP contribution in [0.5, 0.6) is 5.75 Å². The van der Waals surface area contributed by atoms with Crippen molar-refractivity contribution in [2.45, 2.75) is 32.1 Å². The van der Waals surface area contributed by atoms with Gasteiger partial charge in [0.2, 0.25) is 11.8 Å². The van der Waals surface area contributed by atoms with E-state index < -0.39 is 27.6 Å². The number of ether oxygens (including phenoxy) is 1. The number of aryl methyl sites for hydroxylation is 1. The molecule has 1 saturated carbocycles. The minimum absolute atomic E-state index is 0.0889. The van der Waals surface area contributed by atoms with Crippen LogP contribution in [0.2, 0.25) is 0 Å². The van der Waals surface area contributed by atoms with Crippen LogP contribution in [-0.4, -0.2) is 45.0 Å². The lowest BCUT2D eigenvalue weighted by Crippen LogP contribution is -2.27. The Morgan fingerprint density at radius 3 is 2.75 bits per heavy atom. The smallest absolute Gasteiger partial charge is 0.331 e. The third-order valence-corrected chi connectivity index (χ3v) is 7.43. The fraction of sp³-hybridized carbons (Fsp3) is 0.455. The normalized spacial score (nSPS) is 17.5. The second kappa shape index (κ2) is 8.93. The lowest BCUT2D eigenvalue weighted by atomic mass is 10.0. The summed E-state index contributed by atoms with van der Waals surface area (Å²) in [5, 5.41) is 2.15. The Balaban J connectivity index is 1.33.